The third kappa shape index (κ3) is 4.89. The molecule has 5 nitrogen and oxygen atoms in total. The van der Waals surface area contributed by atoms with Crippen LogP contribution in [0.1, 0.15) is 26.3 Å². The lowest BCUT2D eigenvalue weighted by Gasteiger charge is -2.19. The minimum absolute atomic E-state index is 0.00975. The Bertz CT molecular complexity index is 491. The van der Waals surface area contributed by atoms with Crippen LogP contribution in [0.15, 0.2) is 16.6 Å². The van der Waals surface area contributed by atoms with Crippen LogP contribution in [0.5, 0.6) is 11.5 Å². The maximum Gasteiger partial charge on any atom is 0.320 e. The summed E-state index contributed by atoms with van der Waals surface area (Å²) in [6, 6.07) is 3.17. The number of rotatable bonds is 8. The lowest BCUT2D eigenvalue weighted by Crippen LogP contribution is -2.40. The van der Waals surface area contributed by atoms with Crippen molar-refractivity contribution >= 4 is 21.9 Å². The zero-order valence-electron chi connectivity index (χ0n) is 12.8. The predicted octanol–water partition coefficient (Wildman–Crippen LogP) is 3.06. The molecule has 0 fully saturated rings. The molecule has 0 spiro atoms. The second-order valence-corrected chi connectivity index (χ2v) is 5.84. The van der Waals surface area contributed by atoms with Gasteiger partial charge in [0.05, 0.1) is 18.2 Å². The highest BCUT2D eigenvalue weighted by atomic mass is 79.9. The monoisotopic (exact) mass is 359 g/mol. The van der Waals surface area contributed by atoms with E-state index < -0.39 is 12.0 Å². The summed E-state index contributed by atoms with van der Waals surface area (Å²) >= 11 is 3.46. The van der Waals surface area contributed by atoms with E-state index in [-0.39, 0.29) is 5.92 Å². The topological polar surface area (TPSA) is 67.8 Å². The highest BCUT2D eigenvalue weighted by Crippen LogP contribution is 2.36. The molecular formula is C15H22BrNO4. The van der Waals surface area contributed by atoms with Gasteiger partial charge in [-0.25, -0.2) is 0 Å². The number of halogens is 1. The van der Waals surface area contributed by atoms with Gasteiger partial charge in [0, 0.05) is 6.54 Å². The summed E-state index contributed by atoms with van der Waals surface area (Å²) in [5, 5.41) is 12.2. The first-order valence-electron chi connectivity index (χ1n) is 6.86. The summed E-state index contributed by atoms with van der Waals surface area (Å²) < 4.78 is 11.6. The van der Waals surface area contributed by atoms with E-state index in [1.807, 2.05) is 32.9 Å². The fraction of sp³-hybridized carbons (Fsp3) is 0.533. The molecule has 21 heavy (non-hydrogen) atoms. The van der Waals surface area contributed by atoms with Gasteiger partial charge < -0.3 is 19.9 Å². The van der Waals surface area contributed by atoms with Crippen LogP contribution in [-0.4, -0.2) is 30.8 Å². The fourth-order valence-electron chi connectivity index (χ4n) is 2.00. The van der Waals surface area contributed by atoms with Gasteiger partial charge in [-0.05, 0) is 46.5 Å². The molecule has 0 amide bonds. The largest absolute Gasteiger partial charge is 0.493 e. The van der Waals surface area contributed by atoms with Gasteiger partial charge in [-0.3, -0.25) is 4.79 Å². The summed E-state index contributed by atoms with van der Waals surface area (Å²) in [7, 11) is 1.58. The Morgan fingerprint density at radius 2 is 2.10 bits per heavy atom. The number of carbonyl (C=O) groups is 1. The molecule has 0 radical (unpaired) electrons. The summed E-state index contributed by atoms with van der Waals surface area (Å²) in [6.45, 7) is 6.64. The highest BCUT2D eigenvalue weighted by molar-refractivity contribution is 9.10. The Kier molecular flexibility index (Phi) is 6.98. The lowest BCUT2D eigenvalue weighted by atomic mass is 10.0. The summed E-state index contributed by atoms with van der Waals surface area (Å²) in [6.07, 6.45) is 0. The molecule has 0 aromatic heterocycles. The van der Waals surface area contributed by atoms with E-state index in [0.717, 1.165) is 10.0 Å². The highest BCUT2D eigenvalue weighted by Gasteiger charge is 2.21. The first kappa shape index (κ1) is 17.8. The molecule has 1 aromatic rings. The van der Waals surface area contributed by atoms with Crippen molar-refractivity contribution in [2.75, 3.05) is 13.7 Å². The number of nitrogens with one attached hydrogen (secondary N) is 1. The Labute approximate surface area is 133 Å². The molecule has 1 rings (SSSR count). The van der Waals surface area contributed by atoms with Crippen LogP contribution >= 0.6 is 15.9 Å². The van der Waals surface area contributed by atoms with Crippen LogP contribution in [0.2, 0.25) is 0 Å². The van der Waals surface area contributed by atoms with Gasteiger partial charge in [-0.15, -0.1) is 0 Å². The van der Waals surface area contributed by atoms with E-state index in [9.17, 15) is 9.90 Å². The summed E-state index contributed by atoms with van der Waals surface area (Å²) in [5.41, 5.74) is 0.925. The van der Waals surface area contributed by atoms with E-state index in [4.69, 9.17) is 9.47 Å². The number of hydrogen-bond acceptors (Lipinski definition) is 4. The quantitative estimate of drug-likeness (QED) is 0.746. The summed E-state index contributed by atoms with van der Waals surface area (Å²) in [5.74, 6) is 0.444. The number of carboxylic acids is 1. The minimum atomic E-state index is -0.845. The molecule has 0 aliphatic carbocycles. The van der Waals surface area contributed by atoms with Gasteiger partial charge >= 0.3 is 5.97 Å². The van der Waals surface area contributed by atoms with Crippen molar-refractivity contribution < 1.29 is 19.4 Å². The van der Waals surface area contributed by atoms with Crippen molar-refractivity contribution in [3.05, 3.63) is 22.2 Å². The van der Waals surface area contributed by atoms with Crippen LogP contribution in [0.3, 0.4) is 0 Å². The van der Waals surface area contributed by atoms with Crippen molar-refractivity contribution in [3.63, 3.8) is 0 Å². The predicted molar refractivity (Wildman–Crippen MR) is 85.0 cm³/mol. The Hall–Kier alpha value is -1.27. The van der Waals surface area contributed by atoms with E-state index in [0.29, 0.717) is 24.7 Å². The van der Waals surface area contributed by atoms with E-state index in [1.165, 1.54) is 0 Å². The van der Waals surface area contributed by atoms with Crippen molar-refractivity contribution in [2.45, 2.75) is 33.4 Å². The van der Waals surface area contributed by atoms with Crippen LogP contribution < -0.4 is 14.8 Å². The Morgan fingerprint density at radius 3 is 2.57 bits per heavy atom. The fourth-order valence-corrected chi connectivity index (χ4v) is 2.60. The smallest absolute Gasteiger partial charge is 0.320 e. The summed E-state index contributed by atoms with van der Waals surface area (Å²) in [4.78, 5) is 11.2. The van der Waals surface area contributed by atoms with E-state index >= 15 is 0 Å². The second-order valence-electron chi connectivity index (χ2n) is 4.98. The van der Waals surface area contributed by atoms with Crippen LogP contribution in [0.25, 0.3) is 0 Å². The average Bonchev–Trinajstić information content (AvgIpc) is 2.40. The van der Waals surface area contributed by atoms with Gasteiger partial charge in [0.1, 0.15) is 6.04 Å². The number of benzene rings is 1. The van der Waals surface area contributed by atoms with Crippen molar-refractivity contribution in [2.24, 2.45) is 5.92 Å². The number of hydrogen-bond donors (Lipinski definition) is 2. The Morgan fingerprint density at radius 1 is 1.43 bits per heavy atom. The molecule has 0 aliphatic heterocycles. The molecular weight excluding hydrogens is 338 g/mol. The molecule has 0 aliphatic rings. The maximum atomic E-state index is 11.2. The van der Waals surface area contributed by atoms with Crippen LogP contribution in [0.4, 0.5) is 0 Å². The van der Waals surface area contributed by atoms with Gasteiger partial charge in [0.25, 0.3) is 0 Å². The van der Waals surface area contributed by atoms with E-state index in [1.54, 1.807) is 7.11 Å². The Balaban J connectivity index is 2.89. The molecule has 1 atom stereocenters. The van der Waals surface area contributed by atoms with Crippen molar-refractivity contribution in [1.29, 1.82) is 0 Å². The number of methoxy groups -OCH3 is 1. The molecule has 118 valence electrons. The molecule has 1 aromatic carbocycles. The first-order valence-corrected chi connectivity index (χ1v) is 7.65. The standard InChI is InChI=1S/C15H22BrNO4/c1-5-21-14-11(16)6-10(7-12(14)20-4)8-17-13(9(2)3)15(18)19/h6-7,9,13,17H,5,8H2,1-4H3,(H,18,19). The molecule has 0 saturated heterocycles. The molecule has 1 unspecified atom stereocenters. The number of aliphatic carboxylic acids is 1. The third-order valence-electron chi connectivity index (χ3n) is 3.04. The first-order chi connectivity index (χ1) is 9.90. The number of carboxylic acid groups (broad SMARTS) is 1. The van der Waals surface area contributed by atoms with Crippen LogP contribution in [-0.2, 0) is 11.3 Å². The molecule has 6 heteroatoms. The minimum Gasteiger partial charge on any atom is -0.493 e. The second kappa shape index (κ2) is 8.24. The average molecular weight is 360 g/mol. The number of ether oxygens (including phenoxy) is 2. The van der Waals surface area contributed by atoms with Gasteiger partial charge in [-0.2, -0.15) is 0 Å². The van der Waals surface area contributed by atoms with Crippen molar-refractivity contribution in [3.8, 4) is 11.5 Å². The zero-order chi connectivity index (χ0) is 16.0. The van der Waals surface area contributed by atoms with Crippen LogP contribution in [0, 0.1) is 5.92 Å². The molecule has 2 N–H and O–H groups in total. The molecule has 0 saturated carbocycles. The molecule has 0 bridgehead atoms. The van der Waals surface area contributed by atoms with Gasteiger partial charge in [0.2, 0.25) is 0 Å². The third-order valence-corrected chi connectivity index (χ3v) is 3.63. The SMILES string of the molecule is CCOc1c(Br)cc(CNC(C(=O)O)C(C)C)cc1OC. The molecule has 0 heterocycles. The van der Waals surface area contributed by atoms with Crippen molar-refractivity contribution in [1.82, 2.24) is 5.32 Å². The maximum absolute atomic E-state index is 11.2. The van der Waals surface area contributed by atoms with Gasteiger partial charge in [-0.1, -0.05) is 13.8 Å². The van der Waals surface area contributed by atoms with E-state index in [2.05, 4.69) is 21.2 Å². The van der Waals surface area contributed by atoms with Gasteiger partial charge in [0.15, 0.2) is 11.5 Å². The normalized spacial score (nSPS) is 12.3. The lowest BCUT2D eigenvalue weighted by molar-refractivity contribution is -0.140. The zero-order valence-corrected chi connectivity index (χ0v) is 14.4.